The van der Waals surface area contributed by atoms with Gasteiger partial charge in [0, 0.05) is 5.39 Å². The summed E-state index contributed by atoms with van der Waals surface area (Å²) in [6, 6.07) is 21.2. The van der Waals surface area contributed by atoms with Crippen LogP contribution in [0.15, 0.2) is 60.7 Å². The molecule has 0 amide bonds. The van der Waals surface area contributed by atoms with Crippen molar-refractivity contribution in [2.45, 2.75) is 5.75 Å². The van der Waals surface area contributed by atoms with Gasteiger partial charge in [-0.05, 0) is 23.1 Å². The summed E-state index contributed by atoms with van der Waals surface area (Å²) < 4.78 is 32.8. The van der Waals surface area contributed by atoms with Crippen LogP contribution in [0, 0.1) is 6.07 Å². The van der Waals surface area contributed by atoms with Gasteiger partial charge in [-0.25, -0.2) is 8.42 Å². The minimum Gasteiger partial charge on any atom is -0.494 e. The summed E-state index contributed by atoms with van der Waals surface area (Å²) in [5.74, 6) is 0.409. The lowest BCUT2D eigenvalue weighted by Crippen LogP contribution is -2.15. The maximum Gasteiger partial charge on any atom is 0.237 e. The average molecular weight is 326 g/mol. The Hall–Kier alpha value is -2.53. The van der Waals surface area contributed by atoms with Crippen LogP contribution >= 0.6 is 0 Å². The van der Waals surface area contributed by atoms with Crippen LogP contribution in [0.3, 0.4) is 0 Å². The first-order valence-corrected chi connectivity index (χ1v) is 8.76. The number of hydrogen-bond donors (Lipinski definition) is 1. The predicted molar refractivity (Wildman–Crippen MR) is 92.0 cm³/mol. The summed E-state index contributed by atoms with van der Waals surface area (Å²) in [6.07, 6.45) is 0. The van der Waals surface area contributed by atoms with E-state index in [2.05, 4.69) is 10.8 Å². The smallest absolute Gasteiger partial charge is 0.237 e. The topological polar surface area (TPSA) is 55.4 Å². The molecule has 5 heteroatoms. The Balaban J connectivity index is 1.94. The number of fused-ring (bicyclic) bond motifs is 1. The van der Waals surface area contributed by atoms with E-state index >= 15 is 0 Å². The van der Waals surface area contributed by atoms with Crippen LogP contribution in [0.2, 0.25) is 0 Å². The second-order valence-electron chi connectivity index (χ2n) is 5.12. The lowest BCUT2D eigenvalue weighted by molar-refractivity contribution is 0.422. The number of benzene rings is 3. The molecule has 0 unspecified atom stereocenters. The third kappa shape index (κ3) is 3.46. The average Bonchev–Trinajstić information content (AvgIpc) is 2.55. The highest BCUT2D eigenvalue weighted by Gasteiger charge is 2.16. The van der Waals surface area contributed by atoms with Gasteiger partial charge >= 0.3 is 0 Å². The van der Waals surface area contributed by atoms with Crippen molar-refractivity contribution in [1.29, 1.82) is 0 Å². The number of sulfonamides is 1. The minimum atomic E-state index is -3.53. The molecule has 0 aliphatic heterocycles. The molecular formula is C18H16NO3S. The third-order valence-corrected chi connectivity index (χ3v) is 4.71. The van der Waals surface area contributed by atoms with Gasteiger partial charge in [-0.3, -0.25) is 4.72 Å². The van der Waals surface area contributed by atoms with Crippen LogP contribution in [-0.4, -0.2) is 15.5 Å². The first-order valence-electron chi connectivity index (χ1n) is 7.11. The molecule has 23 heavy (non-hydrogen) atoms. The van der Waals surface area contributed by atoms with Gasteiger partial charge in [0.25, 0.3) is 0 Å². The molecule has 0 aromatic heterocycles. The molecule has 0 atom stereocenters. The van der Waals surface area contributed by atoms with Crippen molar-refractivity contribution >= 4 is 26.5 Å². The maximum atomic E-state index is 12.4. The van der Waals surface area contributed by atoms with Gasteiger partial charge in [0.1, 0.15) is 0 Å². The lowest BCUT2D eigenvalue weighted by Gasteiger charge is -2.14. The molecular weight excluding hydrogens is 310 g/mol. The SMILES string of the molecule is COc1c(NS(=O)(=O)Cc2ccccc2)ccc2[c]cccc12. The van der Waals surface area contributed by atoms with Crippen LogP contribution in [0.5, 0.6) is 5.75 Å². The summed E-state index contributed by atoms with van der Waals surface area (Å²) >= 11 is 0. The first kappa shape index (κ1) is 15.4. The van der Waals surface area contributed by atoms with Gasteiger partial charge < -0.3 is 4.74 Å². The quantitative estimate of drug-likeness (QED) is 0.779. The van der Waals surface area contributed by atoms with E-state index in [1.165, 1.54) is 7.11 Å². The van der Waals surface area contributed by atoms with Crippen LogP contribution in [-0.2, 0) is 15.8 Å². The fraction of sp³-hybridized carbons (Fsp3) is 0.111. The van der Waals surface area contributed by atoms with Gasteiger partial charge in [0.05, 0.1) is 18.6 Å². The molecule has 3 aromatic rings. The monoisotopic (exact) mass is 326 g/mol. The summed E-state index contributed by atoms with van der Waals surface area (Å²) in [7, 11) is -2.00. The van der Waals surface area contributed by atoms with Crippen molar-refractivity contribution in [2.75, 3.05) is 11.8 Å². The fourth-order valence-electron chi connectivity index (χ4n) is 2.47. The Labute approximate surface area is 135 Å². The molecule has 117 valence electrons. The van der Waals surface area contributed by atoms with Crippen LogP contribution in [0.4, 0.5) is 5.69 Å². The number of ether oxygens (including phenoxy) is 1. The van der Waals surface area contributed by atoms with Crippen LogP contribution in [0.1, 0.15) is 5.56 Å². The molecule has 0 spiro atoms. The van der Waals surface area contributed by atoms with Gasteiger partial charge in [-0.2, -0.15) is 0 Å². The molecule has 0 heterocycles. The van der Waals surface area contributed by atoms with Crippen molar-refractivity contribution in [2.24, 2.45) is 0 Å². The van der Waals surface area contributed by atoms with E-state index in [1.807, 2.05) is 36.4 Å². The van der Waals surface area contributed by atoms with Crippen LogP contribution < -0.4 is 9.46 Å². The number of rotatable bonds is 5. The molecule has 0 fully saturated rings. The molecule has 0 saturated heterocycles. The molecule has 0 aliphatic rings. The van der Waals surface area contributed by atoms with Crippen molar-refractivity contribution < 1.29 is 13.2 Å². The molecule has 0 saturated carbocycles. The van der Waals surface area contributed by atoms with E-state index in [0.29, 0.717) is 11.4 Å². The largest absolute Gasteiger partial charge is 0.494 e. The van der Waals surface area contributed by atoms with E-state index in [1.54, 1.807) is 24.3 Å². The second-order valence-corrected chi connectivity index (χ2v) is 6.85. The summed E-state index contributed by atoms with van der Waals surface area (Å²) in [6.45, 7) is 0. The number of hydrogen-bond acceptors (Lipinski definition) is 3. The molecule has 0 bridgehead atoms. The Morgan fingerprint density at radius 1 is 1.04 bits per heavy atom. The number of methoxy groups -OCH3 is 1. The van der Waals surface area contributed by atoms with Crippen LogP contribution in [0.25, 0.3) is 10.8 Å². The van der Waals surface area contributed by atoms with Crippen molar-refractivity contribution in [3.05, 3.63) is 72.3 Å². The molecule has 0 aliphatic carbocycles. The molecule has 1 N–H and O–H groups in total. The highest BCUT2D eigenvalue weighted by atomic mass is 32.2. The van der Waals surface area contributed by atoms with E-state index in [4.69, 9.17) is 4.74 Å². The Bertz CT molecular complexity index is 921. The normalized spacial score (nSPS) is 11.3. The van der Waals surface area contributed by atoms with Crippen molar-refractivity contribution in [3.63, 3.8) is 0 Å². The van der Waals surface area contributed by atoms with E-state index < -0.39 is 10.0 Å². The van der Waals surface area contributed by atoms with E-state index in [0.717, 1.165) is 16.3 Å². The predicted octanol–water partition coefficient (Wildman–Crippen LogP) is 3.59. The first-order chi connectivity index (χ1) is 11.1. The maximum absolute atomic E-state index is 12.4. The highest BCUT2D eigenvalue weighted by molar-refractivity contribution is 7.91. The van der Waals surface area contributed by atoms with Crippen molar-refractivity contribution in [3.8, 4) is 5.75 Å². The van der Waals surface area contributed by atoms with Gasteiger partial charge in [0.2, 0.25) is 10.0 Å². The Morgan fingerprint density at radius 3 is 2.57 bits per heavy atom. The molecule has 3 rings (SSSR count). The lowest BCUT2D eigenvalue weighted by atomic mass is 10.1. The Morgan fingerprint density at radius 2 is 1.83 bits per heavy atom. The zero-order chi connectivity index (χ0) is 16.3. The fourth-order valence-corrected chi connectivity index (χ4v) is 3.67. The van der Waals surface area contributed by atoms with Gasteiger partial charge in [0.15, 0.2) is 5.75 Å². The van der Waals surface area contributed by atoms with Crippen molar-refractivity contribution in [1.82, 2.24) is 0 Å². The Kier molecular flexibility index (Phi) is 4.21. The summed E-state index contributed by atoms with van der Waals surface area (Å²) in [5.41, 5.74) is 1.16. The molecule has 4 nitrogen and oxygen atoms in total. The number of anilines is 1. The second kappa shape index (κ2) is 6.30. The third-order valence-electron chi connectivity index (χ3n) is 3.46. The molecule has 1 radical (unpaired) electrons. The summed E-state index contributed by atoms with van der Waals surface area (Å²) in [4.78, 5) is 0. The van der Waals surface area contributed by atoms with Gasteiger partial charge in [-0.15, -0.1) is 0 Å². The zero-order valence-corrected chi connectivity index (χ0v) is 13.4. The van der Waals surface area contributed by atoms with E-state index in [9.17, 15) is 8.42 Å². The van der Waals surface area contributed by atoms with Gasteiger partial charge in [-0.1, -0.05) is 54.6 Å². The zero-order valence-electron chi connectivity index (χ0n) is 12.6. The standard InChI is InChI=1S/C18H16NO3S/c1-22-18-16-10-6-5-9-15(16)11-12-17(18)19-23(20,21)13-14-7-3-2-4-8-14/h2-8,10-12,19H,13H2,1H3. The number of nitrogens with one attached hydrogen (secondary N) is 1. The minimum absolute atomic E-state index is 0.0874. The summed E-state index contributed by atoms with van der Waals surface area (Å²) in [5, 5.41) is 1.69. The molecule has 3 aromatic carbocycles. The highest BCUT2D eigenvalue weighted by Crippen LogP contribution is 2.34. The van der Waals surface area contributed by atoms with E-state index in [-0.39, 0.29) is 5.75 Å².